The first-order valence-electron chi connectivity index (χ1n) is 9.45. The number of phenols is 1. The number of ether oxygens (including phenoxy) is 1. The number of amides is 2. The van der Waals surface area contributed by atoms with Crippen molar-refractivity contribution in [2.75, 3.05) is 6.61 Å². The Morgan fingerprint density at radius 2 is 1.83 bits per heavy atom. The summed E-state index contributed by atoms with van der Waals surface area (Å²) in [5.41, 5.74) is 4.10. The minimum atomic E-state index is -0.722. The van der Waals surface area contributed by atoms with E-state index in [1.807, 2.05) is 39.0 Å². The Labute approximate surface area is 170 Å². The molecule has 2 amide bonds. The predicted molar refractivity (Wildman–Crippen MR) is 112 cm³/mol. The Bertz CT molecular complexity index is 847. The third-order valence-electron chi connectivity index (χ3n) is 4.09. The van der Waals surface area contributed by atoms with E-state index in [9.17, 15) is 14.7 Å². The second-order valence-electron chi connectivity index (χ2n) is 7.13. The quantitative estimate of drug-likeness (QED) is 0.447. The summed E-state index contributed by atoms with van der Waals surface area (Å²) in [7, 11) is 0. The lowest BCUT2D eigenvalue weighted by atomic mass is 10.0. The van der Waals surface area contributed by atoms with Gasteiger partial charge in [0.1, 0.15) is 17.5 Å². The Kier molecular flexibility index (Phi) is 8.21. The van der Waals surface area contributed by atoms with Crippen molar-refractivity contribution in [3.05, 3.63) is 59.7 Å². The number of carbonyl (C=O) groups excluding carboxylic acids is 2. The highest BCUT2D eigenvalue weighted by molar-refractivity contribution is 5.89. The lowest BCUT2D eigenvalue weighted by Gasteiger charge is -2.19. The van der Waals surface area contributed by atoms with E-state index in [4.69, 9.17) is 4.74 Å². The lowest BCUT2D eigenvalue weighted by molar-refractivity contribution is -0.130. The van der Waals surface area contributed by atoms with Gasteiger partial charge >= 0.3 is 0 Å². The van der Waals surface area contributed by atoms with E-state index in [1.165, 1.54) is 18.3 Å². The first-order chi connectivity index (χ1) is 13.8. The van der Waals surface area contributed by atoms with Gasteiger partial charge < -0.3 is 15.2 Å². The molecule has 0 saturated heterocycles. The zero-order chi connectivity index (χ0) is 21.2. The Hall–Kier alpha value is -3.35. The molecule has 1 atom stereocenters. The molecule has 0 spiro atoms. The number of carbonyl (C=O) groups is 2. The molecule has 0 saturated carbocycles. The van der Waals surface area contributed by atoms with Crippen LogP contribution in [0.1, 0.15) is 31.4 Å². The summed E-state index contributed by atoms with van der Waals surface area (Å²) in [5.74, 6) is 0.198. The molecule has 0 aliphatic carbocycles. The van der Waals surface area contributed by atoms with Crippen LogP contribution in [0.4, 0.5) is 0 Å². The molecule has 2 aromatic rings. The summed E-state index contributed by atoms with van der Waals surface area (Å²) in [5, 5.41) is 15.9. The van der Waals surface area contributed by atoms with Crippen LogP contribution in [0, 0.1) is 12.8 Å². The van der Waals surface area contributed by atoms with Crippen molar-refractivity contribution in [1.29, 1.82) is 0 Å². The Morgan fingerprint density at radius 1 is 1.14 bits per heavy atom. The van der Waals surface area contributed by atoms with E-state index in [0.717, 1.165) is 11.1 Å². The number of hydrogen-bond acceptors (Lipinski definition) is 5. The standard InChI is InChI=1S/C22H27N3O4/c1-15(2)12-19(22(28)25-23-13-17-8-10-18(26)11-9-17)24-21(27)14-29-20-7-5-4-6-16(20)3/h4-11,13,15,19,26H,12,14H2,1-3H3,(H,24,27)(H,25,28)/b23-13-/t19-/m0/s1. The van der Waals surface area contributed by atoms with E-state index < -0.39 is 11.9 Å². The molecule has 7 nitrogen and oxygen atoms in total. The summed E-state index contributed by atoms with van der Waals surface area (Å²) >= 11 is 0. The van der Waals surface area contributed by atoms with E-state index in [1.54, 1.807) is 18.2 Å². The maximum Gasteiger partial charge on any atom is 0.262 e. The van der Waals surface area contributed by atoms with E-state index >= 15 is 0 Å². The van der Waals surface area contributed by atoms with Gasteiger partial charge in [-0.3, -0.25) is 9.59 Å². The average Bonchev–Trinajstić information content (AvgIpc) is 2.68. The molecule has 0 heterocycles. The van der Waals surface area contributed by atoms with Crippen LogP contribution in [0.5, 0.6) is 11.5 Å². The van der Waals surface area contributed by atoms with Gasteiger partial charge in [0, 0.05) is 0 Å². The molecule has 0 unspecified atom stereocenters. The van der Waals surface area contributed by atoms with Crippen LogP contribution >= 0.6 is 0 Å². The molecule has 2 aromatic carbocycles. The van der Waals surface area contributed by atoms with Gasteiger partial charge in [0.2, 0.25) is 0 Å². The van der Waals surface area contributed by atoms with Crippen molar-refractivity contribution in [2.45, 2.75) is 33.2 Å². The monoisotopic (exact) mass is 397 g/mol. The second kappa shape index (κ2) is 10.8. The third kappa shape index (κ3) is 7.65. The largest absolute Gasteiger partial charge is 0.508 e. The summed E-state index contributed by atoms with van der Waals surface area (Å²) in [4.78, 5) is 24.7. The van der Waals surface area contributed by atoms with Crippen LogP contribution in [0.25, 0.3) is 0 Å². The Morgan fingerprint density at radius 3 is 2.48 bits per heavy atom. The first-order valence-corrected chi connectivity index (χ1v) is 9.45. The highest BCUT2D eigenvalue weighted by Gasteiger charge is 2.22. The maximum atomic E-state index is 12.5. The number of aryl methyl sites for hydroxylation is 1. The Balaban J connectivity index is 1.91. The fraction of sp³-hybridized carbons (Fsp3) is 0.318. The summed E-state index contributed by atoms with van der Waals surface area (Å²) in [6.07, 6.45) is 1.93. The van der Waals surface area contributed by atoms with E-state index in [-0.39, 0.29) is 24.2 Å². The molecule has 0 fully saturated rings. The first kappa shape index (κ1) is 21.9. The predicted octanol–water partition coefficient (Wildman–Crippen LogP) is 2.76. The van der Waals surface area contributed by atoms with Crippen molar-refractivity contribution >= 4 is 18.0 Å². The fourth-order valence-electron chi connectivity index (χ4n) is 2.61. The number of aromatic hydroxyl groups is 1. The van der Waals surface area contributed by atoms with E-state index in [0.29, 0.717) is 12.2 Å². The highest BCUT2D eigenvalue weighted by Crippen LogP contribution is 2.16. The number of nitrogens with zero attached hydrogens (tertiary/aromatic N) is 1. The molecule has 0 aromatic heterocycles. The van der Waals surface area contributed by atoms with Gasteiger partial charge in [0.05, 0.1) is 6.21 Å². The van der Waals surface area contributed by atoms with Crippen molar-refractivity contribution in [1.82, 2.24) is 10.7 Å². The van der Waals surface area contributed by atoms with Crippen molar-refractivity contribution in [3.63, 3.8) is 0 Å². The molecule has 0 aliphatic heterocycles. The van der Waals surface area contributed by atoms with E-state index in [2.05, 4.69) is 15.8 Å². The van der Waals surface area contributed by atoms with Crippen LogP contribution in [0.3, 0.4) is 0 Å². The van der Waals surface area contributed by atoms with Gasteiger partial charge in [0.15, 0.2) is 6.61 Å². The van der Waals surface area contributed by atoms with Gasteiger partial charge in [-0.1, -0.05) is 32.0 Å². The topological polar surface area (TPSA) is 100 Å². The van der Waals surface area contributed by atoms with Gasteiger partial charge in [-0.25, -0.2) is 5.43 Å². The molecule has 154 valence electrons. The van der Waals surface area contributed by atoms with Gasteiger partial charge in [-0.2, -0.15) is 5.10 Å². The molecule has 7 heteroatoms. The zero-order valence-corrected chi connectivity index (χ0v) is 16.9. The lowest BCUT2D eigenvalue weighted by Crippen LogP contribution is -2.47. The molecular formula is C22H27N3O4. The number of hydrazone groups is 1. The summed E-state index contributed by atoms with van der Waals surface area (Å²) < 4.78 is 5.54. The summed E-state index contributed by atoms with van der Waals surface area (Å²) in [6.45, 7) is 5.66. The number of phenolic OH excluding ortho intramolecular Hbond substituents is 1. The molecule has 0 bridgehead atoms. The van der Waals surface area contributed by atoms with Crippen LogP contribution in [0.2, 0.25) is 0 Å². The fourth-order valence-corrected chi connectivity index (χ4v) is 2.61. The molecular weight excluding hydrogens is 370 g/mol. The molecule has 2 rings (SSSR count). The van der Waals surface area contributed by atoms with Crippen molar-refractivity contribution < 1.29 is 19.4 Å². The van der Waals surface area contributed by atoms with Gasteiger partial charge in [-0.05, 0) is 60.7 Å². The second-order valence-corrected chi connectivity index (χ2v) is 7.13. The molecule has 3 N–H and O–H groups in total. The molecule has 0 aliphatic rings. The average molecular weight is 397 g/mol. The minimum absolute atomic E-state index is 0.152. The summed E-state index contributed by atoms with van der Waals surface area (Å²) in [6, 6.07) is 13.1. The number of nitrogens with one attached hydrogen (secondary N) is 2. The maximum absolute atomic E-state index is 12.5. The van der Waals surface area contributed by atoms with Gasteiger partial charge in [-0.15, -0.1) is 0 Å². The minimum Gasteiger partial charge on any atom is -0.508 e. The zero-order valence-electron chi connectivity index (χ0n) is 16.9. The highest BCUT2D eigenvalue weighted by atomic mass is 16.5. The normalized spacial score (nSPS) is 12.0. The number of rotatable bonds is 9. The number of para-hydroxylation sites is 1. The number of hydrogen-bond donors (Lipinski definition) is 3. The van der Waals surface area contributed by atoms with Crippen LogP contribution in [0.15, 0.2) is 53.6 Å². The van der Waals surface area contributed by atoms with Crippen LogP contribution < -0.4 is 15.5 Å². The van der Waals surface area contributed by atoms with Crippen molar-refractivity contribution in [2.24, 2.45) is 11.0 Å². The third-order valence-corrected chi connectivity index (χ3v) is 4.09. The smallest absolute Gasteiger partial charge is 0.262 e. The van der Waals surface area contributed by atoms with Crippen molar-refractivity contribution in [3.8, 4) is 11.5 Å². The SMILES string of the molecule is Cc1ccccc1OCC(=O)N[C@@H](CC(C)C)C(=O)N/N=C\c1ccc(O)cc1. The van der Waals surface area contributed by atoms with Crippen LogP contribution in [-0.2, 0) is 9.59 Å². The molecule has 0 radical (unpaired) electrons. The molecule has 29 heavy (non-hydrogen) atoms. The van der Waals surface area contributed by atoms with Gasteiger partial charge in [0.25, 0.3) is 11.8 Å². The number of benzene rings is 2. The van der Waals surface area contributed by atoms with Crippen LogP contribution in [-0.4, -0.2) is 35.8 Å².